The summed E-state index contributed by atoms with van der Waals surface area (Å²) in [7, 11) is 0. The molecule has 0 N–H and O–H groups in total. The smallest absolute Gasteiger partial charge is 0.339 e. The summed E-state index contributed by atoms with van der Waals surface area (Å²) in [6.45, 7) is 2.04. The van der Waals surface area contributed by atoms with Gasteiger partial charge in [-0.05, 0) is 35.6 Å². The summed E-state index contributed by atoms with van der Waals surface area (Å²) in [5, 5.41) is 9.02. The number of fused-ring (bicyclic) bond motifs is 1. The van der Waals surface area contributed by atoms with Gasteiger partial charge in [-0.25, -0.2) is 9.78 Å². The van der Waals surface area contributed by atoms with Crippen LogP contribution in [0.15, 0.2) is 18.5 Å². The van der Waals surface area contributed by atoms with E-state index in [2.05, 4.69) is 27.6 Å². The number of halogens is 1. The van der Waals surface area contributed by atoms with Gasteiger partial charge < -0.3 is 4.74 Å². The van der Waals surface area contributed by atoms with Crippen molar-refractivity contribution in [3.63, 3.8) is 0 Å². The first-order valence-electron chi connectivity index (χ1n) is 4.91. The first kappa shape index (κ1) is 11.9. The predicted molar refractivity (Wildman–Crippen MR) is 68.6 cm³/mol. The molecule has 2 aromatic heterocycles. The van der Waals surface area contributed by atoms with E-state index in [1.807, 2.05) is 6.07 Å². The molecule has 0 radical (unpaired) electrons. The summed E-state index contributed by atoms with van der Waals surface area (Å²) < 4.78 is 7.44. The number of carbonyl (C=O) groups is 1. The Morgan fingerprint density at radius 3 is 3.12 bits per heavy atom. The Kier molecular flexibility index (Phi) is 3.28. The van der Waals surface area contributed by atoms with Crippen LogP contribution >= 0.6 is 22.6 Å². The molecule has 0 aliphatic rings. The zero-order valence-corrected chi connectivity index (χ0v) is 11.1. The Morgan fingerprint density at radius 1 is 1.71 bits per heavy atom. The standard InChI is InChI=1S/C11H8IN3O2/c1-2-17-11(16)8-3-7(4-13)10-14-5-9(12)15(10)6-8/h3,5-6H,2H2,1H3. The Labute approximate surface area is 111 Å². The van der Waals surface area contributed by atoms with E-state index in [4.69, 9.17) is 10.00 Å². The van der Waals surface area contributed by atoms with Crippen molar-refractivity contribution in [3.8, 4) is 6.07 Å². The molecule has 0 saturated carbocycles. The molecule has 2 rings (SSSR count). The quantitative estimate of drug-likeness (QED) is 0.619. The third-order valence-corrected chi connectivity index (χ3v) is 2.99. The molecule has 0 aliphatic carbocycles. The number of hydrogen-bond acceptors (Lipinski definition) is 4. The van der Waals surface area contributed by atoms with Crippen molar-refractivity contribution in [1.29, 1.82) is 5.26 Å². The molecule has 0 unspecified atom stereocenters. The van der Waals surface area contributed by atoms with Crippen LogP contribution in [-0.2, 0) is 4.74 Å². The van der Waals surface area contributed by atoms with Gasteiger partial charge in [-0.15, -0.1) is 0 Å². The number of hydrogen-bond donors (Lipinski definition) is 0. The molecule has 17 heavy (non-hydrogen) atoms. The van der Waals surface area contributed by atoms with Crippen LogP contribution in [0.3, 0.4) is 0 Å². The SMILES string of the molecule is CCOC(=O)c1cc(C#N)c2ncc(I)n2c1. The second-order valence-corrected chi connectivity index (χ2v) is 4.35. The van der Waals surface area contributed by atoms with E-state index < -0.39 is 5.97 Å². The maximum atomic E-state index is 11.6. The fourth-order valence-electron chi connectivity index (χ4n) is 1.47. The molecular formula is C11H8IN3O2. The lowest BCUT2D eigenvalue weighted by atomic mass is 10.2. The number of carbonyl (C=O) groups excluding carboxylic acids is 1. The average molecular weight is 341 g/mol. The van der Waals surface area contributed by atoms with Crippen LogP contribution in [-0.4, -0.2) is 22.0 Å². The van der Waals surface area contributed by atoms with Gasteiger partial charge >= 0.3 is 5.97 Å². The fourth-order valence-corrected chi connectivity index (χ4v) is 1.97. The highest BCUT2D eigenvalue weighted by molar-refractivity contribution is 14.1. The third-order valence-electron chi connectivity index (χ3n) is 2.19. The summed E-state index contributed by atoms with van der Waals surface area (Å²) in [6, 6.07) is 3.52. The Morgan fingerprint density at radius 2 is 2.47 bits per heavy atom. The van der Waals surface area contributed by atoms with Crippen molar-refractivity contribution in [3.05, 3.63) is 33.3 Å². The Hall–Kier alpha value is -1.62. The second-order valence-electron chi connectivity index (χ2n) is 3.25. The van der Waals surface area contributed by atoms with E-state index in [9.17, 15) is 4.79 Å². The Bertz CT molecular complexity index is 627. The van der Waals surface area contributed by atoms with Crippen molar-refractivity contribution in [1.82, 2.24) is 9.38 Å². The third kappa shape index (κ3) is 2.10. The number of rotatable bonds is 2. The normalized spacial score (nSPS) is 10.2. The van der Waals surface area contributed by atoms with Crippen LogP contribution in [0.2, 0.25) is 0 Å². The first-order valence-corrected chi connectivity index (χ1v) is 5.99. The number of ether oxygens (including phenoxy) is 1. The zero-order chi connectivity index (χ0) is 12.4. The number of pyridine rings is 1. The van der Waals surface area contributed by atoms with Gasteiger partial charge in [0, 0.05) is 6.20 Å². The maximum absolute atomic E-state index is 11.6. The van der Waals surface area contributed by atoms with E-state index in [1.54, 1.807) is 23.7 Å². The summed E-state index contributed by atoms with van der Waals surface area (Å²) in [5.74, 6) is -0.435. The minimum Gasteiger partial charge on any atom is -0.462 e. The summed E-state index contributed by atoms with van der Waals surface area (Å²) in [5.41, 5.74) is 1.26. The van der Waals surface area contributed by atoms with Crippen LogP contribution in [0.25, 0.3) is 5.65 Å². The average Bonchev–Trinajstić information content (AvgIpc) is 2.70. The first-order chi connectivity index (χ1) is 8.17. The van der Waals surface area contributed by atoms with Gasteiger partial charge in [0.1, 0.15) is 9.77 Å². The van der Waals surface area contributed by atoms with Gasteiger partial charge in [-0.2, -0.15) is 5.26 Å². The molecular weight excluding hydrogens is 333 g/mol. The van der Waals surface area contributed by atoms with Crippen molar-refractivity contribution < 1.29 is 9.53 Å². The lowest BCUT2D eigenvalue weighted by Gasteiger charge is -2.04. The van der Waals surface area contributed by atoms with Gasteiger partial charge in [0.15, 0.2) is 5.65 Å². The van der Waals surface area contributed by atoms with Crippen LogP contribution in [0.1, 0.15) is 22.8 Å². The molecule has 0 spiro atoms. The van der Waals surface area contributed by atoms with E-state index in [0.717, 1.165) is 3.70 Å². The van der Waals surface area contributed by atoms with Gasteiger partial charge in [-0.3, -0.25) is 4.40 Å². The molecule has 0 aromatic carbocycles. The van der Waals surface area contributed by atoms with Crippen molar-refractivity contribution >= 4 is 34.2 Å². The highest BCUT2D eigenvalue weighted by Gasteiger charge is 2.13. The van der Waals surface area contributed by atoms with E-state index in [1.165, 1.54) is 6.07 Å². The monoisotopic (exact) mass is 341 g/mol. The van der Waals surface area contributed by atoms with E-state index in [-0.39, 0.29) is 0 Å². The molecule has 0 bridgehead atoms. The van der Waals surface area contributed by atoms with Crippen LogP contribution in [0, 0.1) is 15.0 Å². The summed E-state index contributed by atoms with van der Waals surface area (Å²) >= 11 is 2.09. The highest BCUT2D eigenvalue weighted by atomic mass is 127. The fraction of sp³-hybridized carbons (Fsp3) is 0.182. The lowest BCUT2D eigenvalue weighted by Crippen LogP contribution is -2.07. The van der Waals surface area contributed by atoms with Crippen molar-refractivity contribution in [2.75, 3.05) is 6.61 Å². The molecule has 0 atom stereocenters. The number of esters is 1. The molecule has 5 nitrogen and oxygen atoms in total. The topological polar surface area (TPSA) is 67.4 Å². The number of aromatic nitrogens is 2. The summed E-state index contributed by atoms with van der Waals surface area (Å²) in [6.07, 6.45) is 3.27. The molecule has 2 aromatic rings. The summed E-state index contributed by atoms with van der Waals surface area (Å²) in [4.78, 5) is 15.7. The molecule has 0 amide bonds. The number of nitrogens with zero attached hydrogens (tertiary/aromatic N) is 3. The minimum atomic E-state index is -0.435. The van der Waals surface area contributed by atoms with Crippen molar-refractivity contribution in [2.45, 2.75) is 6.92 Å². The van der Waals surface area contributed by atoms with Crippen molar-refractivity contribution in [2.24, 2.45) is 0 Å². The molecule has 2 heterocycles. The van der Waals surface area contributed by atoms with Gasteiger partial charge in [0.05, 0.1) is 23.9 Å². The maximum Gasteiger partial charge on any atom is 0.339 e. The van der Waals surface area contributed by atoms with Crippen LogP contribution in [0.5, 0.6) is 0 Å². The highest BCUT2D eigenvalue weighted by Crippen LogP contribution is 2.16. The zero-order valence-electron chi connectivity index (χ0n) is 8.98. The van der Waals surface area contributed by atoms with Gasteiger partial charge in [0.2, 0.25) is 0 Å². The molecule has 6 heteroatoms. The minimum absolute atomic E-state index is 0.305. The lowest BCUT2D eigenvalue weighted by molar-refractivity contribution is 0.0525. The largest absolute Gasteiger partial charge is 0.462 e. The molecule has 86 valence electrons. The second kappa shape index (κ2) is 4.71. The Balaban J connectivity index is 2.63. The molecule has 0 fully saturated rings. The predicted octanol–water partition coefficient (Wildman–Crippen LogP) is 1.99. The van der Waals surface area contributed by atoms with Crippen LogP contribution < -0.4 is 0 Å². The van der Waals surface area contributed by atoms with Gasteiger partial charge in [-0.1, -0.05) is 0 Å². The van der Waals surface area contributed by atoms with Crippen LogP contribution in [0.4, 0.5) is 0 Å². The van der Waals surface area contributed by atoms with Gasteiger partial charge in [0.25, 0.3) is 0 Å². The molecule has 0 saturated heterocycles. The van der Waals surface area contributed by atoms with E-state index in [0.29, 0.717) is 23.4 Å². The number of imidazole rings is 1. The van der Waals surface area contributed by atoms with E-state index >= 15 is 0 Å². The number of nitriles is 1. The molecule has 0 aliphatic heterocycles.